The van der Waals surface area contributed by atoms with Gasteiger partial charge in [0.05, 0.1) is 18.9 Å². The molecule has 1 amide bonds. The molecule has 0 aliphatic rings. The van der Waals surface area contributed by atoms with Crippen molar-refractivity contribution in [3.8, 4) is 11.5 Å². The minimum Gasteiger partial charge on any atom is -0.505 e. The predicted octanol–water partition coefficient (Wildman–Crippen LogP) is 2.07. The minimum atomic E-state index is -0.312. The molecule has 0 spiro atoms. The molecule has 1 heterocycles. The SMILES string of the molecule is COc1cccc(N(C)C(=O)c2ccncc2O)c1. The van der Waals surface area contributed by atoms with Gasteiger partial charge in [0.25, 0.3) is 5.91 Å². The number of amides is 1. The molecular formula is C14H14N2O3. The van der Waals surface area contributed by atoms with Gasteiger partial charge in [-0.1, -0.05) is 6.07 Å². The molecule has 98 valence electrons. The molecule has 2 rings (SSSR count). The summed E-state index contributed by atoms with van der Waals surface area (Å²) in [5.74, 6) is 0.214. The van der Waals surface area contributed by atoms with E-state index < -0.39 is 0 Å². The summed E-state index contributed by atoms with van der Waals surface area (Å²) in [6.45, 7) is 0. The summed E-state index contributed by atoms with van der Waals surface area (Å²) in [6, 6.07) is 8.61. The molecule has 0 saturated carbocycles. The van der Waals surface area contributed by atoms with Crippen molar-refractivity contribution < 1.29 is 14.6 Å². The zero-order valence-corrected chi connectivity index (χ0v) is 10.7. The summed E-state index contributed by atoms with van der Waals surface area (Å²) in [5.41, 5.74) is 0.890. The highest BCUT2D eigenvalue weighted by atomic mass is 16.5. The molecule has 0 atom stereocenters. The van der Waals surface area contributed by atoms with Crippen LogP contribution in [0.15, 0.2) is 42.7 Å². The highest BCUT2D eigenvalue weighted by Gasteiger charge is 2.17. The average molecular weight is 258 g/mol. The van der Waals surface area contributed by atoms with E-state index in [0.29, 0.717) is 11.4 Å². The Morgan fingerprint density at radius 3 is 2.84 bits per heavy atom. The van der Waals surface area contributed by atoms with Crippen molar-refractivity contribution in [1.82, 2.24) is 4.98 Å². The maximum Gasteiger partial charge on any atom is 0.261 e. The smallest absolute Gasteiger partial charge is 0.261 e. The maximum atomic E-state index is 12.3. The Kier molecular flexibility index (Phi) is 3.66. The normalized spacial score (nSPS) is 10.0. The summed E-state index contributed by atoms with van der Waals surface area (Å²) in [5, 5.41) is 9.64. The topological polar surface area (TPSA) is 62.7 Å². The van der Waals surface area contributed by atoms with Gasteiger partial charge in [-0.25, -0.2) is 0 Å². The Labute approximate surface area is 111 Å². The first kappa shape index (κ1) is 12.9. The molecule has 0 aliphatic carbocycles. The molecule has 2 aromatic rings. The average Bonchev–Trinajstić information content (AvgIpc) is 2.46. The van der Waals surface area contributed by atoms with Gasteiger partial charge in [-0.05, 0) is 18.2 Å². The number of rotatable bonds is 3. The number of anilines is 1. The van der Waals surface area contributed by atoms with Crippen LogP contribution in [0.2, 0.25) is 0 Å². The predicted molar refractivity (Wildman–Crippen MR) is 71.6 cm³/mol. The zero-order valence-electron chi connectivity index (χ0n) is 10.7. The highest BCUT2D eigenvalue weighted by Crippen LogP contribution is 2.23. The van der Waals surface area contributed by atoms with Crippen LogP contribution in [0.3, 0.4) is 0 Å². The quantitative estimate of drug-likeness (QED) is 0.915. The van der Waals surface area contributed by atoms with Crippen LogP contribution in [-0.4, -0.2) is 30.2 Å². The van der Waals surface area contributed by atoms with E-state index in [9.17, 15) is 9.90 Å². The van der Waals surface area contributed by atoms with Gasteiger partial charge >= 0.3 is 0 Å². The van der Waals surface area contributed by atoms with Crippen molar-refractivity contribution in [2.75, 3.05) is 19.1 Å². The lowest BCUT2D eigenvalue weighted by molar-refractivity contribution is 0.0990. The molecular weight excluding hydrogens is 244 g/mol. The Morgan fingerprint density at radius 1 is 1.37 bits per heavy atom. The van der Waals surface area contributed by atoms with Crippen molar-refractivity contribution >= 4 is 11.6 Å². The van der Waals surface area contributed by atoms with E-state index >= 15 is 0 Å². The van der Waals surface area contributed by atoms with E-state index in [1.165, 1.54) is 23.4 Å². The number of hydrogen-bond acceptors (Lipinski definition) is 4. The molecule has 0 fully saturated rings. The van der Waals surface area contributed by atoms with Gasteiger partial charge in [-0.15, -0.1) is 0 Å². The monoisotopic (exact) mass is 258 g/mol. The lowest BCUT2D eigenvalue weighted by Crippen LogP contribution is -2.26. The number of nitrogens with zero attached hydrogens (tertiary/aromatic N) is 2. The standard InChI is InChI=1S/C14H14N2O3/c1-16(10-4-3-5-11(8-10)19-2)14(18)12-6-7-15-9-13(12)17/h3-9,17H,1-2H3. The third kappa shape index (κ3) is 2.65. The van der Waals surface area contributed by atoms with Crippen molar-refractivity contribution in [2.45, 2.75) is 0 Å². The van der Waals surface area contributed by atoms with E-state index in [-0.39, 0.29) is 17.2 Å². The Morgan fingerprint density at radius 2 is 2.16 bits per heavy atom. The second-order valence-corrected chi connectivity index (χ2v) is 3.96. The van der Waals surface area contributed by atoms with Gasteiger partial charge in [0.15, 0.2) is 0 Å². The molecule has 0 radical (unpaired) electrons. The van der Waals surface area contributed by atoms with Gasteiger partial charge in [0.1, 0.15) is 11.5 Å². The fraction of sp³-hybridized carbons (Fsp3) is 0.143. The molecule has 5 heteroatoms. The molecule has 19 heavy (non-hydrogen) atoms. The number of benzene rings is 1. The number of ether oxygens (including phenoxy) is 1. The number of aromatic nitrogens is 1. The molecule has 0 bridgehead atoms. The molecule has 1 aromatic carbocycles. The Hall–Kier alpha value is -2.56. The van der Waals surface area contributed by atoms with Crippen molar-refractivity contribution in [3.05, 3.63) is 48.3 Å². The Balaban J connectivity index is 2.31. The van der Waals surface area contributed by atoms with Crippen molar-refractivity contribution in [1.29, 1.82) is 0 Å². The number of carbonyl (C=O) groups is 1. The molecule has 0 saturated heterocycles. The van der Waals surface area contributed by atoms with Crippen LogP contribution in [0.1, 0.15) is 10.4 Å². The third-order valence-corrected chi connectivity index (χ3v) is 2.78. The largest absolute Gasteiger partial charge is 0.505 e. The highest BCUT2D eigenvalue weighted by molar-refractivity contribution is 6.07. The van der Waals surface area contributed by atoms with Crippen molar-refractivity contribution in [2.24, 2.45) is 0 Å². The summed E-state index contributed by atoms with van der Waals surface area (Å²) in [7, 11) is 3.20. The molecule has 5 nitrogen and oxygen atoms in total. The van der Waals surface area contributed by atoms with E-state index in [2.05, 4.69) is 4.98 Å². The molecule has 0 aliphatic heterocycles. The van der Waals surface area contributed by atoms with Crippen LogP contribution in [0.25, 0.3) is 0 Å². The number of carbonyl (C=O) groups excluding carboxylic acids is 1. The summed E-state index contributed by atoms with van der Waals surface area (Å²) < 4.78 is 5.12. The lowest BCUT2D eigenvalue weighted by Gasteiger charge is -2.18. The first-order valence-electron chi connectivity index (χ1n) is 5.68. The maximum absolute atomic E-state index is 12.3. The summed E-state index contributed by atoms with van der Waals surface area (Å²) in [6.07, 6.45) is 2.71. The minimum absolute atomic E-state index is 0.137. The third-order valence-electron chi connectivity index (χ3n) is 2.78. The summed E-state index contributed by atoms with van der Waals surface area (Å²) in [4.78, 5) is 17.5. The zero-order chi connectivity index (χ0) is 13.8. The van der Waals surface area contributed by atoms with Gasteiger partial charge in [-0.3, -0.25) is 9.78 Å². The van der Waals surface area contributed by atoms with Crippen LogP contribution in [-0.2, 0) is 0 Å². The van der Waals surface area contributed by atoms with Gasteiger partial charge in [0, 0.05) is 25.0 Å². The fourth-order valence-corrected chi connectivity index (χ4v) is 1.68. The van der Waals surface area contributed by atoms with Crippen LogP contribution in [0.5, 0.6) is 11.5 Å². The van der Waals surface area contributed by atoms with Crippen LogP contribution in [0.4, 0.5) is 5.69 Å². The second-order valence-electron chi connectivity index (χ2n) is 3.96. The van der Waals surface area contributed by atoms with Gasteiger partial charge in [0.2, 0.25) is 0 Å². The summed E-state index contributed by atoms with van der Waals surface area (Å²) >= 11 is 0. The van der Waals surface area contributed by atoms with Gasteiger partial charge < -0.3 is 14.7 Å². The number of aromatic hydroxyl groups is 1. The first-order chi connectivity index (χ1) is 9.13. The molecule has 1 aromatic heterocycles. The van der Waals surface area contributed by atoms with E-state index in [0.717, 1.165) is 0 Å². The number of hydrogen-bond donors (Lipinski definition) is 1. The van der Waals surface area contributed by atoms with E-state index in [4.69, 9.17) is 4.74 Å². The Bertz CT molecular complexity index is 599. The lowest BCUT2D eigenvalue weighted by atomic mass is 10.2. The van der Waals surface area contributed by atoms with E-state index in [1.54, 1.807) is 38.4 Å². The molecule has 0 unspecified atom stereocenters. The fourth-order valence-electron chi connectivity index (χ4n) is 1.68. The number of methoxy groups -OCH3 is 1. The van der Waals surface area contributed by atoms with Crippen LogP contribution < -0.4 is 9.64 Å². The first-order valence-corrected chi connectivity index (χ1v) is 5.68. The van der Waals surface area contributed by atoms with Crippen molar-refractivity contribution in [3.63, 3.8) is 0 Å². The second kappa shape index (κ2) is 5.39. The van der Waals surface area contributed by atoms with Gasteiger partial charge in [-0.2, -0.15) is 0 Å². The number of pyridine rings is 1. The van der Waals surface area contributed by atoms with E-state index in [1.807, 2.05) is 0 Å². The van der Waals surface area contributed by atoms with Crippen LogP contribution in [0, 0.1) is 0 Å². The van der Waals surface area contributed by atoms with Crippen LogP contribution >= 0.6 is 0 Å². The molecule has 1 N–H and O–H groups in total.